The number of benzene rings is 2. The van der Waals surface area contributed by atoms with Gasteiger partial charge in [0.1, 0.15) is 5.76 Å². The first-order chi connectivity index (χ1) is 13.7. The van der Waals surface area contributed by atoms with Gasteiger partial charge in [-0.1, -0.05) is 35.9 Å². The molecule has 0 bridgehead atoms. The molecular weight excluding hydrogens is 368 g/mol. The Labute approximate surface area is 168 Å². The fourth-order valence-corrected chi connectivity index (χ4v) is 3.48. The molecule has 0 fully saturated rings. The summed E-state index contributed by atoms with van der Waals surface area (Å²) in [4.78, 5) is 0. The summed E-state index contributed by atoms with van der Waals surface area (Å²) in [5, 5.41) is 17.6. The lowest BCUT2D eigenvalue weighted by atomic mass is 10.1. The quantitative estimate of drug-likeness (QED) is 0.501. The summed E-state index contributed by atoms with van der Waals surface area (Å²) in [6.07, 6.45) is 1.66. The molecule has 6 heteroatoms. The minimum Gasteiger partial charge on any atom is -0.467 e. The predicted octanol–water partition coefficient (Wildman–Crippen LogP) is 4.79. The van der Waals surface area contributed by atoms with Gasteiger partial charge in [0.25, 0.3) is 0 Å². The van der Waals surface area contributed by atoms with E-state index in [1.165, 1.54) is 0 Å². The van der Waals surface area contributed by atoms with E-state index >= 15 is 0 Å². The average Bonchev–Trinajstić information content (AvgIpc) is 3.38. The number of nitrogens with zero attached hydrogens (tertiary/aromatic N) is 4. The van der Waals surface area contributed by atoms with Crippen LogP contribution in [-0.4, -0.2) is 14.8 Å². The molecule has 4 rings (SSSR count). The van der Waals surface area contributed by atoms with E-state index in [-0.39, 0.29) is 5.25 Å². The standard InChI is InChI=1S/C22H18N4OS/c1-15-4-2-5-18(12-15)21-24-25-22(26(21)14-19-6-3-11-27-19)20(28)17-9-7-16(13-23)8-10-17/h2-12,20,28H,14H2,1H3. The highest BCUT2D eigenvalue weighted by atomic mass is 32.1. The van der Waals surface area contributed by atoms with E-state index in [9.17, 15) is 0 Å². The molecule has 0 N–H and O–H groups in total. The maximum atomic E-state index is 9.02. The van der Waals surface area contributed by atoms with Crippen LogP contribution in [0.1, 0.15) is 33.5 Å². The Morgan fingerprint density at radius 1 is 1.11 bits per heavy atom. The van der Waals surface area contributed by atoms with Crippen LogP contribution >= 0.6 is 12.6 Å². The minimum absolute atomic E-state index is 0.284. The molecule has 138 valence electrons. The Hall–Kier alpha value is -3.30. The highest BCUT2D eigenvalue weighted by Gasteiger charge is 2.22. The molecule has 0 spiro atoms. The normalized spacial score (nSPS) is 11.9. The first-order valence-corrected chi connectivity index (χ1v) is 9.38. The summed E-state index contributed by atoms with van der Waals surface area (Å²) in [6, 6.07) is 21.5. The number of furan rings is 1. The Morgan fingerprint density at radius 3 is 2.61 bits per heavy atom. The summed E-state index contributed by atoms with van der Waals surface area (Å²) in [6.45, 7) is 2.56. The molecule has 0 radical (unpaired) electrons. The third-order valence-electron chi connectivity index (χ3n) is 4.55. The van der Waals surface area contributed by atoms with Gasteiger partial charge in [-0.05, 0) is 42.8 Å². The topological polar surface area (TPSA) is 67.6 Å². The van der Waals surface area contributed by atoms with Crippen molar-refractivity contribution in [1.29, 1.82) is 5.26 Å². The molecule has 28 heavy (non-hydrogen) atoms. The van der Waals surface area contributed by atoms with Crippen LogP contribution in [0.3, 0.4) is 0 Å². The van der Waals surface area contributed by atoms with Gasteiger partial charge in [0.15, 0.2) is 11.6 Å². The molecule has 2 aromatic carbocycles. The second-order valence-corrected chi connectivity index (χ2v) is 7.07. The van der Waals surface area contributed by atoms with Crippen LogP contribution < -0.4 is 0 Å². The van der Waals surface area contributed by atoms with Crippen molar-refractivity contribution in [2.24, 2.45) is 0 Å². The number of aromatic nitrogens is 3. The largest absolute Gasteiger partial charge is 0.467 e. The second-order valence-electron chi connectivity index (χ2n) is 6.55. The molecule has 2 aromatic heterocycles. The Morgan fingerprint density at radius 2 is 1.93 bits per heavy atom. The molecule has 0 aliphatic carbocycles. The van der Waals surface area contributed by atoms with Crippen molar-refractivity contribution in [3.8, 4) is 17.5 Å². The van der Waals surface area contributed by atoms with Gasteiger partial charge in [0.2, 0.25) is 0 Å². The maximum Gasteiger partial charge on any atom is 0.164 e. The van der Waals surface area contributed by atoms with Crippen LogP contribution in [0.2, 0.25) is 0 Å². The van der Waals surface area contributed by atoms with Crippen LogP contribution in [-0.2, 0) is 6.54 Å². The van der Waals surface area contributed by atoms with Gasteiger partial charge >= 0.3 is 0 Å². The van der Waals surface area contributed by atoms with Gasteiger partial charge in [-0.2, -0.15) is 17.9 Å². The molecule has 4 aromatic rings. The summed E-state index contributed by atoms with van der Waals surface area (Å²) in [5.74, 6) is 2.30. The average molecular weight is 386 g/mol. The van der Waals surface area contributed by atoms with Crippen LogP contribution in [0.4, 0.5) is 0 Å². The van der Waals surface area contributed by atoms with E-state index in [0.717, 1.165) is 34.1 Å². The van der Waals surface area contributed by atoms with Crippen LogP contribution in [0, 0.1) is 18.3 Å². The summed E-state index contributed by atoms with van der Waals surface area (Å²) < 4.78 is 7.59. The second kappa shape index (κ2) is 7.75. The van der Waals surface area contributed by atoms with E-state index in [4.69, 9.17) is 22.3 Å². The van der Waals surface area contributed by atoms with Crippen molar-refractivity contribution in [3.63, 3.8) is 0 Å². The molecule has 0 saturated heterocycles. The Bertz CT molecular complexity index is 1120. The highest BCUT2D eigenvalue weighted by Crippen LogP contribution is 2.31. The zero-order valence-corrected chi connectivity index (χ0v) is 16.2. The first kappa shape index (κ1) is 18.1. The molecule has 5 nitrogen and oxygen atoms in total. The fourth-order valence-electron chi connectivity index (χ4n) is 3.12. The zero-order valence-electron chi connectivity index (χ0n) is 15.3. The summed E-state index contributed by atoms with van der Waals surface area (Å²) in [5.41, 5.74) is 3.71. The van der Waals surface area contributed by atoms with Crippen molar-refractivity contribution >= 4 is 12.6 Å². The molecule has 0 saturated carbocycles. The Balaban J connectivity index is 1.78. The van der Waals surface area contributed by atoms with E-state index in [0.29, 0.717) is 12.1 Å². The molecule has 0 amide bonds. The van der Waals surface area contributed by atoms with Gasteiger partial charge in [-0.25, -0.2) is 0 Å². The van der Waals surface area contributed by atoms with Crippen molar-refractivity contribution < 1.29 is 4.42 Å². The van der Waals surface area contributed by atoms with Crippen LogP contribution in [0.5, 0.6) is 0 Å². The number of hydrogen-bond donors (Lipinski definition) is 1. The highest BCUT2D eigenvalue weighted by molar-refractivity contribution is 7.80. The summed E-state index contributed by atoms with van der Waals surface area (Å²) >= 11 is 4.80. The van der Waals surface area contributed by atoms with E-state index in [1.807, 2.05) is 41.0 Å². The fraction of sp³-hybridized carbons (Fsp3) is 0.136. The minimum atomic E-state index is -0.284. The third kappa shape index (κ3) is 3.57. The zero-order chi connectivity index (χ0) is 19.5. The molecule has 1 unspecified atom stereocenters. The van der Waals surface area contributed by atoms with Gasteiger partial charge in [0.05, 0.1) is 29.7 Å². The lowest BCUT2D eigenvalue weighted by molar-refractivity contribution is 0.490. The molecule has 0 aliphatic rings. The van der Waals surface area contributed by atoms with Gasteiger partial charge in [0, 0.05) is 5.56 Å². The maximum absolute atomic E-state index is 9.02. The van der Waals surface area contributed by atoms with Gasteiger partial charge < -0.3 is 8.98 Å². The smallest absolute Gasteiger partial charge is 0.164 e. The molecule has 0 aliphatic heterocycles. The van der Waals surface area contributed by atoms with Crippen molar-refractivity contribution in [1.82, 2.24) is 14.8 Å². The van der Waals surface area contributed by atoms with Crippen molar-refractivity contribution in [2.45, 2.75) is 18.7 Å². The Kier molecular flexibility index (Phi) is 5.00. The van der Waals surface area contributed by atoms with E-state index in [2.05, 4.69) is 35.3 Å². The SMILES string of the molecule is Cc1cccc(-c2nnc(C(S)c3ccc(C#N)cc3)n2Cc2ccco2)c1. The van der Waals surface area contributed by atoms with E-state index < -0.39 is 0 Å². The first-order valence-electron chi connectivity index (χ1n) is 8.86. The molecule has 1 atom stereocenters. The number of thiol groups is 1. The third-order valence-corrected chi connectivity index (χ3v) is 5.08. The summed E-state index contributed by atoms with van der Waals surface area (Å²) in [7, 11) is 0. The number of hydrogen-bond acceptors (Lipinski definition) is 5. The van der Waals surface area contributed by atoms with Gasteiger partial charge in [-0.15, -0.1) is 10.2 Å². The monoisotopic (exact) mass is 386 g/mol. The molecule has 2 heterocycles. The van der Waals surface area contributed by atoms with E-state index in [1.54, 1.807) is 18.4 Å². The van der Waals surface area contributed by atoms with Crippen LogP contribution in [0.15, 0.2) is 71.3 Å². The van der Waals surface area contributed by atoms with Crippen LogP contribution in [0.25, 0.3) is 11.4 Å². The van der Waals surface area contributed by atoms with Crippen molar-refractivity contribution in [2.75, 3.05) is 0 Å². The predicted molar refractivity (Wildman–Crippen MR) is 110 cm³/mol. The lowest BCUT2D eigenvalue weighted by Gasteiger charge is -2.14. The number of rotatable bonds is 5. The molecular formula is C22H18N4OS. The number of aryl methyl sites for hydroxylation is 1. The van der Waals surface area contributed by atoms with Crippen molar-refractivity contribution in [3.05, 3.63) is 95.2 Å². The number of nitriles is 1. The lowest BCUT2D eigenvalue weighted by Crippen LogP contribution is -2.09. The van der Waals surface area contributed by atoms with Gasteiger partial charge in [-0.3, -0.25) is 0 Å².